The van der Waals surface area contributed by atoms with Crippen molar-refractivity contribution in [2.75, 3.05) is 0 Å². The van der Waals surface area contributed by atoms with Crippen molar-refractivity contribution in [3.05, 3.63) is 57.6 Å². The van der Waals surface area contributed by atoms with Gasteiger partial charge in [0.1, 0.15) is 5.75 Å². The lowest BCUT2D eigenvalue weighted by Gasteiger charge is -2.22. The molecule has 0 aromatic heterocycles. The fourth-order valence-electron chi connectivity index (χ4n) is 3.42. The molecule has 0 bridgehead atoms. The third-order valence-corrected chi connectivity index (χ3v) is 5.80. The zero-order valence-electron chi connectivity index (χ0n) is 18.1. The second-order valence-corrected chi connectivity index (χ2v) is 9.24. The van der Waals surface area contributed by atoms with Crippen LogP contribution in [0, 0.1) is 11.3 Å². The summed E-state index contributed by atoms with van der Waals surface area (Å²) < 4.78 is 6.92. The average molecular weight is 445 g/mol. The van der Waals surface area contributed by atoms with E-state index in [1.165, 1.54) is 26.8 Å². The molecule has 28 heavy (non-hydrogen) atoms. The second kappa shape index (κ2) is 9.73. The van der Waals surface area contributed by atoms with Crippen molar-refractivity contribution < 1.29 is 9.53 Å². The molecule has 0 amide bonds. The number of allylic oxidation sites excluding steroid dienone is 6. The van der Waals surface area contributed by atoms with Crippen molar-refractivity contribution in [1.82, 2.24) is 0 Å². The lowest BCUT2D eigenvalue weighted by atomic mass is 9.84. The van der Waals surface area contributed by atoms with Gasteiger partial charge in [-0.2, -0.15) is 0 Å². The number of halogens is 1. The third-order valence-electron chi connectivity index (χ3n) is 4.98. The standard InChI is InChI=1S/C23H27BrO2.C2H6/c1-15-8-10-16(11-9-15)21-19-13-12-18(26-22(25)23(2,3)4)14-17(19)6-5-7-20(21)24;1-2/h8-10,12-14,16H,5-7,11H2,1-4H3;1-2H3. The second-order valence-electron chi connectivity index (χ2n) is 8.28. The quantitative estimate of drug-likeness (QED) is 0.346. The van der Waals surface area contributed by atoms with Crippen LogP contribution in [0.25, 0.3) is 5.57 Å². The number of carbonyl (C=O) groups is 1. The van der Waals surface area contributed by atoms with Gasteiger partial charge in [-0.3, -0.25) is 4.79 Å². The minimum atomic E-state index is -0.502. The van der Waals surface area contributed by atoms with E-state index >= 15 is 0 Å². The number of hydrogen-bond donors (Lipinski definition) is 0. The Morgan fingerprint density at radius 1 is 1.18 bits per heavy atom. The monoisotopic (exact) mass is 444 g/mol. The van der Waals surface area contributed by atoms with Gasteiger partial charge in [0.2, 0.25) is 0 Å². The first kappa shape index (κ1) is 22.7. The summed E-state index contributed by atoms with van der Waals surface area (Å²) in [6.07, 6.45) is 11.0. The van der Waals surface area contributed by atoms with E-state index in [-0.39, 0.29) is 5.97 Å². The Hall–Kier alpha value is -1.61. The van der Waals surface area contributed by atoms with Gasteiger partial charge in [-0.1, -0.05) is 59.6 Å². The third kappa shape index (κ3) is 5.47. The Morgan fingerprint density at radius 2 is 1.89 bits per heavy atom. The van der Waals surface area contributed by atoms with Crippen molar-refractivity contribution in [3.63, 3.8) is 0 Å². The molecule has 0 spiro atoms. The minimum absolute atomic E-state index is 0.196. The summed E-state index contributed by atoms with van der Waals surface area (Å²) in [7, 11) is 0. The highest BCUT2D eigenvalue weighted by Gasteiger charge is 2.26. The number of benzene rings is 1. The molecule has 3 heteroatoms. The Bertz CT molecular complexity index is 806. The minimum Gasteiger partial charge on any atom is -0.426 e. The average Bonchev–Trinajstić information content (AvgIpc) is 2.81. The molecule has 2 aliphatic carbocycles. The number of esters is 1. The first-order valence-corrected chi connectivity index (χ1v) is 11.1. The van der Waals surface area contributed by atoms with Crippen molar-refractivity contribution in [3.8, 4) is 5.75 Å². The van der Waals surface area contributed by atoms with Gasteiger partial charge >= 0.3 is 5.97 Å². The van der Waals surface area contributed by atoms with Gasteiger partial charge < -0.3 is 4.74 Å². The molecule has 2 nitrogen and oxygen atoms in total. The van der Waals surface area contributed by atoms with Gasteiger partial charge in [-0.05, 0) is 86.7 Å². The molecule has 152 valence electrons. The molecule has 1 unspecified atom stereocenters. The van der Waals surface area contributed by atoms with Crippen LogP contribution in [0.5, 0.6) is 5.75 Å². The van der Waals surface area contributed by atoms with E-state index in [4.69, 9.17) is 4.74 Å². The predicted octanol–water partition coefficient (Wildman–Crippen LogP) is 7.63. The van der Waals surface area contributed by atoms with Crippen LogP contribution in [-0.4, -0.2) is 5.97 Å². The molecule has 1 aromatic carbocycles. The first-order chi connectivity index (χ1) is 13.3. The van der Waals surface area contributed by atoms with Crippen LogP contribution >= 0.6 is 15.9 Å². The van der Waals surface area contributed by atoms with Crippen molar-refractivity contribution in [2.45, 2.75) is 67.2 Å². The molecular formula is C25H33BrO2. The summed E-state index contributed by atoms with van der Waals surface area (Å²) in [5.74, 6) is 0.850. The maximum Gasteiger partial charge on any atom is 0.316 e. The van der Waals surface area contributed by atoms with Crippen LogP contribution < -0.4 is 4.74 Å². The largest absolute Gasteiger partial charge is 0.426 e. The number of rotatable bonds is 2. The predicted molar refractivity (Wildman–Crippen MR) is 123 cm³/mol. The Balaban J connectivity index is 0.00000136. The van der Waals surface area contributed by atoms with Gasteiger partial charge in [0, 0.05) is 5.92 Å². The molecule has 0 N–H and O–H groups in total. The SMILES string of the molecule is CC.CC1=CCC(C2=C(Br)CCCc3cc(OC(=O)C(C)(C)C)ccc32)C=C1. The molecule has 2 aliphatic rings. The van der Waals surface area contributed by atoms with E-state index in [0.29, 0.717) is 11.7 Å². The smallest absolute Gasteiger partial charge is 0.316 e. The van der Waals surface area contributed by atoms with Crippen LogP contribution in [0.15, 0.2) is 46.5 Å². The number of fused-ring (bicyclic) bond motifs is 1. The van der Waals surface area contributed by atoms with E-state index < -0.39 is 5.41 Å². The highest BCUT2D eigenvalue weighted by atomic mass is 79.9. The summed E-state index contributed by atoms with van der Waals surface area (Å²) >= 11 is 3.85. The van der Waals surface area contributed by atoms with Crippen LogP contribution in [-0.2, 0) is 11.2 Å². The number of hydrogen-bond acceptors (Lipinski definition) is 2. The molecule has 0 heterocycles. The van der Waals surface area contributed by atoms with Crippen molar-refractivity contribution in [1.29, 1.82) is 0 Å². The fraction of sp³-hybridized carbons (Fsp3) is 0.480. The lowest BCUT2D eigenvalue weighted by molar-refractivity contribution is -0.142. The highest BCUT2D eigenvalue weighted by Crippen LogP contribution is 2.42. The summed E-state index contributed by atoms with van der Waals surface area (Å²) in [5.41, 5.74) is 4.76. The molecule has 0 radical (unpaired) electrons. The summed E-state index contributed by atoms with van der Waals surface area (Å²) in [4.78, 5) is 12.2. The number of carbonyl (C=O) groups excluding carboxylic acids is 1. The summed E-state index contributed by atoms with van der Waals surface area (Å²) in [5, 5.41) is 0. The normalized spacial score (nSPS) is 19.1. The highest BCUT2D eigenvalue weighted by molar-refractivity contribution is 9.11. The van der Waals surface area contributed by atoms with Crippen LogP contribution in [0.1, 0.15) is 71.9 Å². The topological polar surface area (TPSA) is 26.3 Å². The van der Waals surface area contributed by atoms with Crippen molar-refractivity contribution >= 4 is 27.5 Å². The molecule has 0 saturated heterocycles. The summed E-state index contributed by atoms with van der Waals surface area (Å²) in [6.45, 7) is 11.8. The van der Waals surface area contributed by atoms with Crippen molar-refractivity contribution in [2.24, 2.45) is 11.3 Å². The Kier molecular flexibility index (Phi) is 7.88. The fourth-order valence-corrected chi connectivity index (χ4v) is 4.21. The van der Waals surface area contributed by atoms with E-state index in [1.807, 2.05) is 40.7 Å². The maximum atomic E-state index is 12.2. The molecule has 0 fully saturated rings. The van der Waals surface area contributed by atoms with Gasteiger partial charge in [0.05, 0.1) is 5.41 Å². The van der Waals surface area contributed by atoms with Gasteiger partial charge in [0.15, 0.2) is 0 Å². The zero-order valence-corrected chi connectivity index (χ0v) is 19.7. The van der Waals surface area contributed by atoms with Crippen LogP contribution in [0.2, 0.25) is 0 Å². The van der Waals surface area contributed by atoms with Crippen LogP contribution in [0.4, 0.5) is 0 Å². The van der Waals surface area contributed by atoms with E-state index in [2.05, 4.69) is 53.2 Å². The maximum absolute atomic E-state index is 12.2. The van der Waals surface area contributed by atoms with Crippen LogP contribution in [0.3, 0.4) is 0 Å². The zero-order chi connectivity index (χ0) is 20.9. The lowest BCUT2D eigenvalue weighted by Crippen LogP contribution is -2.25. The van der Waals surface area contributed by atoms with Gasteiger partial charge in [-0.25, -0.2) is 0 Å². The number of aryl methyl sites for hydroxylation is 1. The van der Waals surface area contributed by atoms with E-state index in [9.17, 15) is 4.79 Å². The number of ether oxygens (including phenoxy) is 1. The summed E-state index contributed by atoms with van der Waals surface area (Å²) in [6, 6.07) is 6.11. The van der Waals surface area contributed by atoms with E-state index in [1.54, 1.807) is 0 Å². The molecule has 3 rings (SSSR count). The molecular weight excluding hydrogens is 412 g/mol. The van der Waals surface area contributed by atoms with Gasteiger partial charge in [-0.15, -0.1) is 0 Å². The molecule has 1 aromatic rings. The molecule has 0 saturated carbocycles. The molecule has 1 atom stereocenters. The Labute approximate surface area is 178 Å². The van der Waals surface area contributed by atoms with Gasteiger partial charge in [0.25, 0.3) is 0 Å². The van der Waals surface area contributed by atoms with E-state index in [0.717, 1.165) is 25.7 Å². The first-order valence-electron chi connectivity index (χ1n) is 10.3. The Morgan fingerprint density at radius 3 is 2.50 bits per heavy atom. The molecule has 0 aliphatic heterocycles.